The molecule has 0 saturated carbocycles. The summed E-state index contributed by atoms with van der Waals surface area (Å²) >= 11 is 0. The molecule has 3 nitrogen and oxygen atoms in total. The van der Waals surface area contributed by atoms with Crippen molar-refractivity contribution in [2.24, 2.45) is 0 Å². The molecule has 0 bridgehead atoms. The number of benzene rings is 2. The van der Waals surface area contributed by atoms with E-state index in [0.29, 0.717) is 13.0 Å². The predicted molar refractivity (Wildman–Crippen MR) is 74.9 cm³/mol. The Morgan fingerprint density at radius 1 is 1.10 bits per heavy atom. The van der Waals surface area contributed by atoms with E-state index in [1.54, 1.807) is 24.3 Å². The molecule has 2 aromatic carbocycles. The van der Waals surface area contributed by atoms with E-state index in [-0.39, 0.29) is 5.82 Å². The highest BCUT2D eigenvalue weighted by Crippen LogP contribution is 2.12. The highest BCUT2D eigenvalue weighted by molar-refractivity contribution is 5.75. The number of carboxylic acid groups (broad SMARTS) is 1. The van der Waals surface area contributed by atoms with E-state index in [4.69, 9.17) is 0 Å². The van der Waals surface area contributed by atoms with Crippen molar-refractivity contribution in [2.75, 3.05) is 6.54 Å². The van der Waals surface area contributed by atoms with Gasteiger partial charge in [0.05, 0.1) is 0 Å². The molecular formula is C16H16FNO2. The Bertz CT molecular complexity index is 554. The van der Waals surface area contributed by atoms with Gasteiger partial charge in [0.15, 0.2) is 0 Å². The molecule has 1 unspecified atom stereocenters. The lowest BCUT2D eigenvalue weighted by atomic mass is 10.1. The molecule has 0 spiro atoms. The van der Waals surface area contributed by atoms with Gasteiger partial charge in [0, 0.05) is 6.54 Å². The molecular weight excluding hydrogens is 257 g/mol. The van der Waals surface area contributed by atoms with Gasteiger partial charge in [-0.05, 0) is 29.7 Å². The Hall–Kier alpha value is -2.20. The van der Waals surface area contributed by atoms with Crippen LogP contribution in [0.2, 0.25) is 0 Å². The average molecular weight is 273 g/mol. The summed E-state index contributed by atoms with van der Waals surface area (Å²) in [5.41, 5.74) is 1.69. The van der Waals surface area contributed by atoms with E-state index in [0.717, 1.165) is 11.1 Å². The molecule has 20 heavy (non-hydrogen) atoms. The van der Waals surface area contributed by atoms with Gasteiger partial charge in [0.2, 0.25) is 0 Å². The number of hydrogen-bond acceptors (Lipinski definition) is 2. The number of aliphatic carboxylic acids is 1. The molecule has 0 fully saturated rings. The molecule has 1 atom stereocenters. The van der Waals surface area contributed by atoms with Crippen LogP contribution in [0.5, 0.6) is 0 Å². The van der Waals surface area contributed by atoms with E-state index in [1.165, 1.54) is 12.1 Å². The largest absolute Gasteiger partial charge is 0.480 e. The molecule has 0 heterocycles. The van der Waals surface area contributed by atoms with Gasteiger partial charge in [0.25, 0.3) is 0 Å². The minimum atomic E-state index is -0.907. The fourth-order valence-electron chi connectivity index (χ4n) is 2.01. The zero-order valence-electron chi connectivity index (χ0n) is 10.9. The average Bonchev–Trinajstić information content (AvgIpc) is 2.46. The Kier molecular flexibility index (Phi) is 4.85. The summed E-state index contributed by atoms with van der Waals surface area (Å²) in [6.45, 7) is 0.511. The molecule has 2 aromatic rings. The standard InChI is InChI=1S/C16H16FNO2/c17-14-8-6-12(7-9-14)10-11-18-15(16(19)20)13-4-2-1-3-5-13/h1-9,15,18H,10-11H2,(H,19,20). The number of rotatable bonds is 6. The Morgan fingerprint density at radius 3 is 2.35 bits per heavy atom. The topological polar surface area (TPSA) is 49.3 Å². The molecule has 0 aliphatic heterocycles. The molecule has 2 rings (SSSR count). The lowest BCUT2D eigenvalue weighted by Gasteiger charge is -2.14. The third kappa shape index (κ3) is 3.90. The maximum absolute atomic E-state index is 12.8. The molecule has 104 valence electrons. The molecule has 0 aromatic heterocycles. The maximum Gasteiger partial charge on any atom is 0.325 e. The second-order valence-corrected chi connectivity index (χ2v) is 4.51. The van der Waals surface area contributed by atoms with Crippen LogP contribution in [0.3, 0.4) is 0 Å². The lowest BCUT2D eigenvalue weighted by Crippen LogP contribution is -2.30. The molecule has 2 N–H and O–H groups in total. The fourth-order valence-corrected chi connectivity index (χ4v) is 2.01. The van der Waals surface area contributed by atoms with E-state index < -0.39 is 12.0 Å². The van der Waals surface area contributed by atoms with Crippen molar-refractivity contribution in [3.05, 3.63) is 71.5 Å². The van der Waals surface area contributed by atoms with Crippen LogP contribution in [-0.2, 0) is 11.2 Å². The second-order valence-electron chi connectivity index (χ2n) is 4.51. The molecule has 0 radical (unpaired) electrons. The minimum Gasteiger partial charge on any atom is -0.480 e. The van der Waals surface area contributed by atoms with Gasteiger partial charge in [-0.25, -0.2) is 4.39 Å². The van der Waals surface area contributed by atoms with Crippen LogP contribution in [0.1, 0.15) is 17.2 Å². The third-order valence-electron chi connectivity index (χ3n) is 3.06. The van der Waals surface area contributed by atoms with E-state index in [9.17, 15) is 14.3 Å². The van der Waals surface area contributed by atoms with Crippen LogP contribution >= 0.6 is 0 Å². The summed E-state index contributed by atoms with van der Waals surface area (Å²) in [5, 5.41) is 12.3. The fraction of sp³-hybridized carbons (Fsp3) is 0.188. The summed E-state index contributed by atoms with van der Waals surface area (Å²) in [5.74, 6) is -1.18. The highest BCUT2D eigenvalue weighted by Gasteiger charge is 2.18. The van der Waals surface area contributed by atoms with Gasteiger partial charge in [-0.15, -0.1) is 0 Å². The second kappa shape index (κ2) is 6.82. The normalized spacial score (nSPS) is 12.1. The lowest BCUT2D eigenvalue weighted by molar-refractivity contribution is -0.139. The zero-order chi connectivity index (χ0) is 14.4. The van der Waals surface area contributed by atoms with Crippen LogP contribution in [-0.4, -0.2) is 17.6 Å². The minimum absolute atomic E-state index is 0.269. The van der Waals surface area contributed by atoms with Crippen molar-refractivity contribution >= 4 is 5.97 Å². The van der Waals surface area contributed by atoms with Crippen molar-refractivity contribution < 1.29 is 14.3 Å². The van der Waals surface area contributed by atoms with Gasteiger partial charge >= 0.3 is 5.97 Å². The number of carbonyl (C=O) groups is 1. The van der Waals surface area contributed by atoms with Crippen LogP contribution < -0.4 is 5.32 Å². The summed E-state index contributed by atoms with van der Waals surface area (Å²) in [7, 11) is 0. The van der Waals surface area contributed by atoms with E-state index in [2.05, 4.69) is 5.32 Å². The van der Waals surface area contributed by atoms with Crippen molar-refractivity contribution in [1.29, 1.82) is 0 Å². The first kappa shape index (κ1) is 14.2. The van der Waals surface area contributed by atoms with Crippen molar-refractivity contribution in [1.82, 2.24) is 5.32 Å². The van der Waals surface area contributed by atoms with E-state index in [1.807, 2.05) is 18.2 Å². The quantitative estimate of drug-likeness (QED) is 0.851. The third-order valence-corrected chi connectivity index (χ3v) is 3.06. The van der Waals surface area contributed by atoms with E-state index >= 15 is 0 Å². The molecule has 0 saturated heterocycles. The van der Waals surface area contributed by atoms with Gasteiger partial charge in [-0.3, -0.25) is 4.79 Å². The van der Waals surface area contributed by atoms with Crippen LogP contribution in [0.4, 0.5) is 4.39 Å². The van der Waals surface area contributed by atoms with Gasteiger partial charge < -0.3 is 10.4 Å². The molecule has 0 amide bonds. The Labute approximate surface area is 117 Å². The van der Waals surface area contributed by atoms with Crippen molar-refractivity contribution in [3.63, 3.8) is 0 Å². The van der Waals surface area contributed by atoms with Gasteiger partial charge in [-0.2, -0.15) is 0 Å². The SMILES string of the molecule is O=C(O)C(NCCc1ccc(F)cc1)c1ccccc1. The predicted octanol–water partition coefficient (Wildman–Crippen LogP) is 2.78. The number of carboxylic acids is 1. The highest BCUT2D eigenvalue weighted by atomic mass is 19.1. The number of hydrogen-bond donors (Lipinski definition) is 2. The van der Waals surface area contributed by atoms with Crippen LogP contribution in [0, 0.1) is 5.82 Å². The number of nitrogens with one attached hydrogen (secondary N) is 1. The van der Waals surface area contributed by atoms with Crippen LogP contribution in [0.15, 0.2) is 54.6 Å². The number of halogens is 1. The van der Waals surface area contributed by atoms with Gasteiger partial charge in [-0.1, -0.05) is 42.5 Å². The Balaban J connectivity index is 1.93. The first-order chi connectivity index (χ1) is 9.66. The summed E-state index contributed by atoms with van der Waals surface area (Å²) < 4.78 is 12.8. The maximum atomic E-state index is 12.8. The van der Waals surface area contributed by atoms with Crippen LogP contribution in [0.25, 0.3) is 0 Å². The molecule has 4 heteroatoms. The first-order valence-corrected chi connectivity index (χ1v) is 6.42. The summed E-state index contributed by atoms with van der Waals surface area (Å²) in [4.78, 5) is 11.3. The van der Waals surface area contributed by atoms with Crippen molar-refractivity contribution in [2.45, 2.75) is 12.5 Å². The van der Waals surface area contributed by atoms with Crippen molar-refractivity contribution in [3.8, 4) is 0 Å². The summed E-state index contributed by atoms with van der Waals surface area (Å²) in [6.07, 6.45) is 0.650. The molecule has 0 aliphatic carbocycles. The Morgan fingerprint density at radius 2 is 1.75 bits per heavy atom. The zero-order valence-corrected chi connectivity index (χ0v) is 10.9. The van der Waals surface area contributed by atoms with Gasteiger partial charge in [0.1, 0.15) is 11.9 Å². The monoisotopic (exact) mass is 273 g/mol. The first-order valence-electron chi connectivity index (χ1n) is 6.42. The smallest absolute Gasteiger partial charge is 0.325 e. The molecule has 0 aliphatic rings. The summed E-state index contributed by atoms with van der Waals surface area (Å²) in [6, 6.07) is 14.5.